The second kappa shape index (κ2) is 3.69. The van der Waals surface area contributed by atoms with Crippen molar-refractivity contribution >= 4 is 25.8 Å². The molecule has 5 heteroatoms. The Morgan fingerprint density at radius 1 is 1.33 bits per heavy atom. The van der Waals surface area contributed by atoms with Gasteiger partial charge in [-0.25, -0.2) is 8.42 Å². The van der Waals surface area contributed by atoms with Crippen LogP contribution in [0.1, 0.15) is 5.56 Å². The molecule has 0 bridgehead atoms. The van der Waals surface area contributed by atoms with Gasteiger partial charge in [-0.1, -0.05) is 0 Å². The highest BCUT2D eigenvalue weighted by atomic mass is 35.7. The van der Waals surface area contributed by atoms with Gasteiger partial charge in [0.2, 0.25) is 0 Å². The molecule has 1 aromatic heterocycles. The first-order valence-electron chi connectivity index (χ1n) is 3.11. The zero-order valence-electron chi connectivity index (χ0n) is 6.01. The highest BCUT2D eigenvalue weighted by Crippen LogP contribution is 2.04. The van der Waals surface area contributed by atoms with Crippen LogP contribution in [0.3, 0.4) is 0 Å². The Labute approximate surface area is 75.1 Å². The number of rotatable bonds is 2. The molecule has 0 aliphatic heterocycles. The molecule has 0 atom stereocenters. The number of halogens is 1. The predicted molar refractivity (Wildman–Crippen MR) is 48.0 cm³/mol. The summed E-state index contributed by atoms with van der Waals surface area (Å²) in [6.07, 6.45) is 4.55. The van der Waals surface area contributed by atoms with Gasteiger partial charge in [-0.2, -0.15) is 0 Å². The molecule has 1 aromatic rings. The maximum atomic E-state index is 10.5. The summed E-state index contributed by atoms with van der Waals surface area (Å²) in [4.78, 5) is 3.77. The first kappa shape index (κ1) is 9.22. The number of pyridine rings is 1. The molecule has 0 radical (unpaired) electrons. The lowest BCUT2D eigenvalue weighted by atomic mass is 10.3. The Kier molecular flexibility index (Phi) is 2.83. The lowest BCUT2D eigenvalue weighted by molar-refractivity contribution is 0.617. The van der Waals surface area contributed by atoms with E-state index in [-0.39, 0.29) is 0 Å². The van der Waals surface area contributed by atoms with Crippen molar-refractivity contribution in [1.29, 1.82) is 0 Å². The zero-order valence-corrected chi connectivity index (χ0v) is 7.59. The molecule has 12 heavy (non-hydrogen) atoms. The van der Waals surface area contributed by atoms with Crippen LogP contribution in [-0.4, -0.2) is 13.4 Å². The Hall–Kier alpha value is -0.870. The average molecular weight is 204 g/mol. The van der Waals surface area contributed by atoms with Crippen molar-refractivity contribution in [3.8, 4) is 0 Å². The second-order valence-corrected chi connectivity index (χ2v) is 4.57. The van der Waals surface area contributed by atoms with Crippen molar-refractivity contribution in [2.45, 2.75) is 0 Å². The molecular formula is C7H6ClNO2S. The Bertz CT molecular complexity index is 372. The van der Waals surface area contributed by atoms with Crippen LogP contribution in [0.5, 0.6) is 0 Å². The standard InChI is InChI=1S/C7H6ClNO2S/c8-12(10,11)6-3-7-1-4-9-5-2-7/h1-6H/b6-3-. The van der Waals surface area contributed by atoms with E-state index >= 15 is 0 Å². The highest BCUT2D eigenvalue weighted by molar-refractivity contribution is 8.16. The lowest BCUT2D eigenvalue weighted by Gasteiger charge is -1.88. The molecule has 0 fully saturated rings. The SMILES string of the molecule is O=S(=O)(Cl)/C=C\c1ccncc1. The zero-order chi connectivity index (χ0) is 9.03. The van der Waals surface area contributed by atoms with Gasteiger partial charge < -0.3 is 0 Å². The highest BCUT2D eigenvalue weighted by Gasteiger charge is 1.95. The molecule has 3 nitrogen and oxygen atoms in total. The van der Waals surface area contributed by atoms with Gasteiger partial charge in [-0.05, 0) is 23.8 Å². The van der Waals surface area contributed by atoms with E-state index in [1.807, 2.05) is 0 Å². The van der Waals surface area contributed by atoms with E-state index in [4.69, 9.17) is 10.7 Å². The normalized spacial score (nSPS) is 12.1. The van der Waals surface area contributed by atoms with Gasteiger partial charge in [-0.3, -0.25) is 4.98 Å². The van der Waals surface area contributed by atoms with Crippen LogP contribution in [0, 0.1) is 0 Å². The molecule has 0 saturated carbocycles. The van der Waals surface area contributed by atoms with E-state index in [9.17, 15) is 8.42 Å². The predicted octanol–water partition coefficient (Wildman–Crippen LogP) is 1.62. The van der Waals surface area contributed by atoms with Crippen LogP contribution in [-0.2, 0) is 9.05 Å². The van der Waals surface area contributed by atoms with Crippen LogP contribution in [0.25, 0.3) is 6.08 Å². The molecule has 0 amide bonds. The van der Waals surface area contributed by atoms with Crippen molar-refractivity contribution in [1.82, 2.24) is 4.98 Å². The van der Waals surface area contributed by atoms with Gasteiger partial charge in [0, 0.05) is 28.5 Å². The van der Waals surface area contributed by atoms with E-state index < -0.39 is 9.05 Å². The molecule has 0 unspecified atom stereocenters. The first-order chi connectivity index (χ1) is 5.58. The summed E-state index contributed by atoms with van der Waals surface area (Å²) in [6, 6.07) is 3.36. The topological polar surface area (TPSA) is 47.0 Å². The minimum atomic E-state index is -3.55. The maximum Gasteiger partial charge on any atom is 0.254 e. The summed E-state index contributed by atoms with van der Waals surface area (Å²) in [5, 5.41) is 0.934. The van der Waals surface area contributed by atoms with Gasteiger partial charge in [0.1, 0.15) is 0 Å². The van der Waals surface area contributed by atoms with Gasteiger partial charge in [0.05, 0.1) is 0 Å². The fraction of sp³-hybridized carbons (Fsp3) is 0. The van der Waals surface area contributed by atoms with Crippen molar-refractivity contribution in [3.05, 3.63) is 35.5 Å². The Balaban J connectivity index is 2.85. The third-order valence-corrected chi connectivity index (χ3v) is 1.90. The average Bonchev–Trinajstić information content (AvgIpc) is 2.02. The minimum Gasteiger partial charge on any atom is -0.265 e. The molecule has 0 spiro atoms. The van der Waals surface area contributed by atoms with Crippen molar-refractivity contribution < 1.29 is 8.42 Å². The third-order valence-electron chi connectivity index (χ3n) is 1.13. The number of hydrogen-bond acceptors (Lipinski definition) is 3. The van der Waals surface area contributed by atoms with Crippen LogP contribution in [0.4, 0.5) is 0 Å². The molecule has 0 aliphatic rings. The molecule has 0 saturated heterocycles. The Morgan fingerprint density at radius 3 is 2.42 bits per heavy atom. The fourth-order valence-electron chi connectivity index (χ4n) is 0.634. The van der Waals surface area contributed by atoms with Gasteiger partial charge in [0.15, 0.2) is 0 Å². The minimum absolute atomic E-state index is 0.745. The molecule has 0 aromatic carbocycles. The number of nitrogens with zero attached hydrogens (tertiary/aromatic N) is 1. The number of aromatic nitrogens is 1. The van der Waals surface area contributed by atoms with Gasteiger partial charge >= 0.3 is 0 Å². The van der Waals surface area contributed by atoms with E-state index in [2.05, 4.69) is 4.98 Å². The van der Waals surface area contributed by atoms with Crippen LogP contribution >= 0.6 is 10.7 Å². The molecule has 64 valence electrons. The van der Waals surface area contributed by atoms with Crippen molar-refractivity contribution in [3.63, 3.8) is 0 Å². The summed E-state index contributed by atoms with van der Waals surface area (Å²) in [5.41, 5.74) is 0.745. The van der Waals surface area contributed by atoms with Crippen molar-refractivity contribution in [2.24, 2.45) is 0 Å². The largest absolute Gasteiger partial charge is 0.265 e. The van der Waals surface area contributed by atoms with E-state index in [0.717, 1.165) is 11.0 Å². The molecule has 0 aliphatic carbocycles. The van der Waals surface area contributed by atoms with Gasteiger partial charge in [0.25, 0.3) is 9.05 Å². The van der Waals surface area contributed by atoms with E-state index in [1.165, 1.54) is 6.08 Å². The summed E-state index contributed by atoms with van der Waals surface area (Å²) >= 11 is 0. The van der Waals surface area contributed by atoms with E-state index in [0.29, 0.717) is 0 Å². The number of hydrogen-bond donors (Lipinski definition) is 0. The van der Waals surface area contributed by atoms with Crippen LogP contribution in [0.2, 0.25) is 0 Å². The maximum absolute atomic E-state index is 10.5. The third kappa shape index (κ3) is 3.50. The lowest BCUT2D eigenvalue weighted by Crippen LogP contribution is -1.79. The molecule has 1 rings (SSSR count). The van der Waals surface area contributed by atoms with Crippen molar-refractivity contribution in [2.75, 3.05) is 0 Å². The van der Waals surface area contributed by atoms with Crippen LogP contribution in [0.15, 0.2) is 29.9 Å². The summed E-state index contributed by atoms with van der Waals surface area (Å²) in [6.45, 7) is 0. The molecule has 1 heterocycles. The second-order valence-electron chi connectivity index (χ2n) is 2.06. The smallest absolute Gasteiger partial charge is 0.254 e. The quantitative estimate of drug-likeness (QED) is 0.687. The molecular weight excluding hydrogens is 198 g/mol. The summed E-state index contributed by atoms with van der Waals surface area (Å²) < 4.78 is 20.9. The molecule has 0 N–H and O–H groups in total. The Morgan fingerprint density at radius 2 is 1.92 bits per heavy atom. The van der Waals surface area contributed by atoms with E-state index in [1.54, 1.807) is 24.5 Å². The fourth-order valence-corrected chi connectivity index (χ4v) is 1.11. The van der Waals surface area contributed by atoms with Crippen LogP contribution < -0.4 is 0 Å². The summed E-state index contributed by atoms with van der Waals surface area (Å²) in [7, 11) is 1.40. The summed E-state index contributed by atoms with van der Waals surface area (Å²) in [5.74, 6) is 0. The first-order valence-corrected chi connectivity index (χ1v) is 5.48. The van der Waals surface area contributed by atoms with Gasteiger partial charge in [-0.15, -0.1) is 0 Å². The monoisotopic (exact) mass is 203 g/mol.